The summed E-state index contributed by atoms with van der Waals surface area (Å²) in [7, 11) is 0. The third-order valence-corrected chi connectivity index (χ3v) is 6.06. The van der Waals surface area contributed by atoms with Crippen LogP contribution in [0.3, 0.4) is 0 Å². The number of piperidine rings is 1. The molecule has 0 aliphatic carbocycles. The first-order valence-corrected chi connectivity index (χ1v) is 10.3. The van der Waals surface area contributed by atoms with E-state index in [9.17, 15) is 9.59 Å². The van der Waals surface area contributed by atoms with E-state index in [2.05, 4.69) is 15.6 Å². The number of nitrogens with zero attached hydrogens (tertiary/aromatic N) is 3. The fourth-order valence-electron chi connectivity index (χ4n) is 4.38. The van der Waals surface area contributed by atoms with Gasteiger partial charge in [0.2, 0.25) is 0 Å². The fraction of sp³-hybridized carbons (Fsp3) is 0.292. The van der Waals surface area contributed by atoms with Gasteiger partial charge in [0.15, 0.2) is 0 Å². The SMILES string of the molecule is Cc1nc2ccccc2n1CC1CCN(C(=O)c2cc3ccccc3oc2=O)CC1. The average molecular weight is 401 g/mol. The maximum absolute atomic E-state index is 13.0. The van der Waals surface area contributed by atoms with Gasteiger partial charge in [-0.2, -0.15) is 0 Å². The fourth-order valence-corrected chi connectivity index (χ4v) is 4.38. The van der Waals surface area contributed by atoms with Gasteiger partial charge in [0.25, 0.3) is 5.91 Å². The van der Waals surface area contributed by atoms with Crippen molar-refractivity contribution < 1.29 is 9.21 Å². The Kier molecular flexibility index (Phi) is 4.62. The summed E-state index contributed by atoms with van der Waals surface area (Å²) in [5, 5.41) is 0.762. The molecule has 0 atom stereocenters. The summed E-state index contributed by atoms with van der Waals surface area (Å²) in [5.41, 5.74) is 2.22. The molecule has 1 saturated heterocycles. The zero-order valence-corrected chi connectivity index (χ0v) is 16.9. The van der Waals surface area contributed by atoms with E-state index >= 15 is 0 Å². The van der Waals surface area contributed by atoms with E-state index in [-0.39, 0.29) is 11.5 Å². The molecular formula is C24H23N3O3. The van der Waals surface area contributed by atoms with Crippen LogP contribution in [0.1, 0.15) is 29.0 Å². The summed E-state index contributed by atoms with van der Waals surface area (Å²) in [4.78, 5) is 31.7. The van der Waals surface area contributed by atoms with Gasteiger partial charge in [-0.1, -0.05) is 30.3 Å². The highest BCUT2D eigenvalue weighted by Gasteiger charge is 2.26. The molecule has 6 heteroatoms. The smallest absolute Gasteiger partial charge is 0.349 e. The van der Waals surface area contributed by atoms with Crippen LogP contribution in [0, 0.1) is 12.8 Å². The molecule has 3 heterocycles. The van der Waals surface area contributed by atoms with Crippen molar-refractivity contribution in [3.63, 3.8) is 0 Å². The van der Waals surface area contributed by atoms with Gasteiger partial charge in [0.05, 0.1) is 11.0 Å². The van der Waals surface area contributed by atoms with Crippen molar-refractivity contribution in [2.75, 3.05) is 13.1 Å². The molecule has 2 aromatic heterocycles. The van der Waals surface area contributed by atoms with Crippen molar-refractivity contribution in [3.05, 3.63) is 76.4 Å². The predicted octanol–water partition coefficient (Wildman–Crippen LogP) is 4.00. The first-order valence-electron chi connectivity index (χ1n) is 10.3. The molecule has 1 aliphatic heterocycles. The highest BCUT2D eigenvalue weighted by Crippen LogP contribution is 2.24. The van der Waals surface area contributed by atoms with Crippen LogP contribution in [0.5, 0.6) is 0 Å². The summed E-state index contributed by atoms with van der Waals surface area (Å²) in [6.07, 6.45) is 1.80. The molecule has 152 valence electrons. The second-order valence-electron chi connectivity index (χ2n) is 7.98. The predicted molar refractivity (Wildman–Crippen MR) is 116 cm³/mol. The van der Waals surface area contributed by atoms with Gasteiger partial charge in [0, 0.05) is 25.0 Å². The molecule has 4 aromatic rings. The van der Waals surface area contributed by atoms with Crippen molar-refractivity contribution in [2.24, 2.45) is 5.92 Å². The number of carbonyl (C=O) groups is 1. The molecule has 0 radical (unpaired) electrons. The third kappa shape index (κ3) is 3.28. The van der Waals surface area contributed by atoms with Gasteiger partial charge in [-0.3, -0.25) is 4.79 Å². The van der Waals surface area contributed by atoms with E-state index in [0.29, 0.717) is 24.6 Å². The molecule has 5 rings (SSSR count). The van der Waals surface area contributed by atoms with Crippen LogP contribution in [-0.2, 0) is 6.54 Å². The molecule has 0 N–H and O–H groups in total. The van der Waals surface area contributed by atoms with Crippen molar-refractivity contribution in [3.8, 4) is 0 Å². The Morgan fingerprint density at radius 1 is 1.10 bits per heavy atom. The van der Waals surface area contributed by atoms with Crippen LogP contribution >= 0.6 is 0 Å². The maximum Gasteiger partial charge on any atom is 0.349 e. The highest BCUT2D eigenvalue weighted by atomic mass is 16.4. The van der Waals surface area contributed by atoms with Crippen LogP contribution < -0.4 is 5.63 Å². The molecule has 30 heavy (non-hydrogen) atoms. The van der Waals surface area contributed by atoms with Crippen molar-refractivity contribution in [1.29, 1.82) is 0 Å². The Morgan fingerprint density at radius 2 is 1.83 bits per heavy atom. The summed E-state index contributed by atoms with van der Waals surface area (Å²) in [6.45, 7) is 4.22. The lowest BCUT2D eigenvalue weighted by Crippen LogP contribution is -2.41. The second-order valence-corrected chi connectivity index (χ2v) is 7.98. The molecular weight excluding hydrogens is 378 g/mol. The first kappa shape index (κ1) is 18.6. The maximum atomic E-state index is 13.0. The number of fused-ring (bicyclic) bond motifs is 2. The van der Waals surface area contributed by atoms with Gasteiger partial charge in [0.1, 0.15) is 17.0 Å². The Labute approximate surface area is 173 Å². The zero-order valence-electron chi connectivity index (χ0n) is 16.9. The summed E-state index contributed by atoms with van der Waals surface area (Å²) in [5.74, 6) is 1.25. The summed E-state index contributed by atoms with van der Waals surface area (Å²) in [6, 6.07) is 17.1. The lowest BCUT2D eigenvalue weighted by Gasteiger charge is -2.32. The molecule has 0 bridgehead atoms. The van der Waals surface area contributed by atoms with Gasteiger partial charge in [-0.05, 0) is 49.9 Å². The number of hydrogen-bond donors (Lipinski definition) is 0. The van der Waals surface area contributed by atoms with E-state index in [1.54, 1.807) is 17.0 Å². The number of aryl methyl sites for hydroxylation is 1. The zero-order chi connectivity index (χ0) is 20.7. The number of benzene rings is 2. The number of imidazole rings is 1. The van der Waals surface area contributed by atoms with Crippen molar-refractivity contribution in [2.45, 2.75) is 26.3 Å². The minimum absolute atomic E-state index is 0.114. The van der Waals surface area contributed by atoms with E-state index in [0.717, 1.165) is 41.6 Å². The van der Waals surface area contributed by atoms with Crippen LogP contribution in [-0.4, -0.2) is 33.4 Å². The van der Waals surface area contributed by atoms with Crippen LogP contribution in [0.25, 0.3) is 22.0 Å². The van der Waals surface area contributed by atoms with Crippen LogP contribution in [0.2, 0.25) is 0 Å². The quantitative estimate of drug-likeness (QED) is 0.487. The Morgan fingerprint density at radius 3 is 2.67 bits per heavy atom. The van der Waals surface area contributed by atoms with E-state index in [1.807, 2.05) is 43.3 Å². The minimum Gasteiger partial charge on any atom is -0.422 e. The van der Waals surface area contributed by atoms with Gasteiger partial charge in [-0.15, -0.1) is 0 Å². The number of hydrogen-bond acceptors (Lipinski definition) is 4. The highest BCUT2D eigenvalue weighted by molar-refractivity contribution is 5.96. The van der Waals surface area contributed by atoms with E-state index in [1.165, 1.54) is 0 Å². The van der Waals surface area contributed by atoms with Crippen molar-refractivity contribution in [1.82, 2.24) is 14.5 Å². The van der Waals surface area contributed by atoms with Crippen LogP contribution in [0.4, 0.5) is 0 Å². The number of aromatic nitrogens is 2. The number of likely N-dealkylation sites (tertiary alicyclic amines) is 1. The normalized spacial score (nSPS) is 15.2. The number of para-hydroxylation sites is 3. The molecule has 0 saturated carbocycles. The number of carbonyl (C=O) groups excluding carboxylic acids is 1. The molecule has 1 aliphatic rings. The number of rotatable bonds is 3. The standard InChI is InChI=1S/C24H23N3O3/c1-16-25-20-7-3-4-8-21(20)27(16)15-17-10-12-26(13-11-17)23(28)19-14-18-6-2-5-9-22(18)30-24(19)29/h2-9,14,17H,10-13,15H2,1H3. The first-order chi connectivity index (χ1) is 14.6. The Hall–Kier alpha value is -3.41. The molecule has 1 amide bonds. The number of amides is 1. The molecule has 6 nitrogen and oxygen atoms in total. The minimum atomic E-state index is -0.568. The molecule has 2 aromatic carbocycles. The molecule has 0 spiro atoms. The van der Waals surface area contributed by atoms with Gasteiger partial charge < -0.3 is 13.9 Å². The Balaban J connectivity index is 1.30. The van der Waals surface area contributed by atoms with Gasteiger partial charge >= 0.3 is 5.63 Å². The third-order valence-electron chi connectivity index (χ3n) is 6.06. The Bertz CT molecular complexity index is 1300. The van der Waals surface area contributed by atoms with E-state index in [4.69, 9.17) is 4.42 Å². The topological polar surface area (TPSA) is 68.3 Å². The average Bonchev–Trinajstić information content (AvgIpc) is 3.08. The molecule has 0 unspecified atom stereocenters. The van der Waals surface area contributed by atoms with Crippen LogP contribution in [0.15, 0.2) is 63.8 Å². The lowest BCUT2D eigenvalue weighted by molar-refractivity contribution is 0.0679. The van der Waals surface area contributed by atoms with Crippen molar-refractivity contribution >= 4 is 27.9 Å². The second kappa shape index (κ2) is 7.44. The lowest BCUT2D eigenvalue weighted by atomic mass is 9.96. The largest absolute Gasteiger partial charge is 0.422 e. The summed E-state index contributed by atoms with van der Waals surface area (Å²) >= 11 is 0. The summed E-state index contributed by atoms with van der Waals surface area (Å²) < 4.78 is 7.61. The van der Waals surface area contributed by atoms with Gasteiger partial charge in [-0.25, -0.2) is 9.78 Å². The monoisotopic (exact) mass is 401 g/mol. The molecule has 1 fully saturated rings. The van der Waals surface area contributed by atoms with E-state index < -0.39 is 5.63 Å².